The first-order chi connectivity index (χ1) is 11.6. The van der Waals surface area contributed by atoms with E-state index in [-0.39, 0.29) is 11.9 Å². The summed E-state index contributed by atoms with van der Waals surface area (Å²) in [4.78, 5) is 29.1. The predicted octanol–water partition coefficient (Wildman–Crippen LogP) is 1.34. The number of carbonyl (C=O) groups excluding carboxylic acids is 1. The highest BCUT2D eigenvalue weighted by Crippen LogP contribution is 2.20. The van der Waals surface area contributed by atoms with Crippen molar-refractivity contribution in [2.45, 2.75) is 18.9 Å². The fraction of sp³-hybridized carbons (Fsp3) is 0.412. The Morgan fingerprint density at radius 3 is 2.83 bits per heavy atom. The van der Waals surface area contributed by atoms with Crippen LogP contribution in [0.15, 0.2) is 36.9 Å². The lowest BCUT2D eigenvalue weighted by Gasteiger charge is -2.34. The van der Waals surface area contributed by atoms with Gasteiger partial charge >= 0.3 is 0 Å². The fourth-order valence-corrected chi connectivity index (χ4v) is 2.83. The summed E-state index contributed by atoms with van der Waals surface area (Å²) in [5.74, 6) is 1.72. The topological polar surface area (TPSA) is 74.2 Å². The smallest absolute Gasteiger partial charge is 0.251 e. The summed E-state index contributed by atoms with van der Waals surface area (Å²) in [6.07, 6.45) is 6.84. The Morgan fingerprint density at radius 2 is 2.08 bits per heavy atom. The van der Waals surface area contributed by atoms with Crippen molar-refractivity contribution in [2.75, 3.05) is 37.0 Å². The molecule has 1 fully saturated rings. The van der Waals surface area contributed by atoms with Crippen molar-refractivity contribution in [3.05, 3.63) is 42.5 Å². The van der Waals surface area contributed by atoms with Crippen molar-refractivity contribution in [1.29, 1.82) is 0 Å². The zero-order chi connectivity index (χ0) is 16.9. The van der Waals surface area contributed by atoms with Gasteiger partial charge < -0.3 is 15.1 Å². The highest BCUT2D eigenvalue weighted by Gasteiger charge is 2.23. The molecule has 0 unspecified atom stereocenters. The maximum Gasteiger partial charge on any atom is 0.251 e. The molecule has 2 aromatic heterocycles. The van der Waals surface area contributed by atoms with Gasteiger partial charge in [0.2, 0.25) is 0 Å². The molecule has 7 nitrogen and oxygen atoms in total. The number of nitrogens with zero attached hydrogens (tertiary/aromatic N) is 5. The number of pyridine rings is 1. The molecule has 0 saturated carbocycles. The molecule has 0 radical (unpaired) electrons. The van der Waals surface area contributed by atoms with E-state index in [0.717, 1.165) is 37.6 Å². The number of hydrogen-bond acceptors (Lipinski definition) is 6. The number of anilines is 2. The lowest BCUT2D eigenvalue weighted by Crippen LogP contribution is -2.48. The maximum atomic E-state index is 12.3. The molecule has 0 aliphatic carbocycles. The highest BCUT2D eigenvalue weighted by atomic mass is 16.1. The van der Waals surface area contributed by atoms with Gasteiger partial charge in [0.25, 0.3) is 5.91 Å². The second-order valence-corrected chi connectivity index (χ2v) is 6.12. The average Bonchev–Trinajstić information content (AvgIpc) is 2.63. The minimum atomic E-state index is -0.0547. The third-order valence-electron chi connectivity index (χ3n) is 4.12. The van der Waals surface area contributed by atoms with Gasteiger partial charge in [-0.3, -0.25) is 9.78 Å². The lowest BCUT2D eigenvalue weighted by molar-refractivity contribution is 0.0933. The van der Waals surface area contributed by atoms with Crippen LogP contribution in [0, 0.1) is 0 Å². The van der Waals surface area contributed by atoms with Crippen molar-refractivity contribution in [3.63, 3.8) is 0 Å². The maximum absolute atomic E-state index is 12.3. The summed E-state index contributed by atoms with van der Waals surface area (Å²) in [5.41, 5.74) is 0.638. The second-order valence-electron chi connectivity index (χ2n) is 6.12. The zero-order valence-electron chi connectivity index (χ0n) is 14.0. The van der Waals surface area contributed by atoms with Gasteiger partial charge in [0.05, 0.1) is 0 Å². The van der Waals surface area contributed by atoms with Crippen LogP contribution in [0.25, 0.3) is 0 Å². The van der Waals surface area contributed by atoms with Gasteiger partial charge in [-0.05, 0) is 25.0 Å². The summed E-state index contributed by atoms with van der Waals surface area (Å²) >= 11 is 0. The largest absolute Gasteiger partial charge is 0.363 e. The van der Waals surface area contributed by atoms with Gasteiger partial charge in [-0.1, -0.05) is 0 Å². The molecule has 1 aliphatic rings. The molecule has 3 heterocycles. The van der Waals surface area contributed by atoms with E-state index in [1.54, 1.807) is 30.9 Å². The van der Waals surface area contributed by atoms with Crippen LogP contribution < -0.4 is 15.1 Å². The third-order valence-corrected chi connectivity index (χ3v) is 4.12. The van der Waals surface area contributed by atoms with Crippen LogP contribution in [0.4, 0.5) is 11.6 Å². The van der Waals surface area contributed by atoms with Gasteiger partial charge in [-0.15, -0.1) is 0 Å². The van der Waals surface area contributed by atoms with Gasteiger partial charge in [0.15, 0.2) is 0 Å². The zero-order valence-corrected chi connectivity index (χ0v) is 14.0. The summed E-state index contributed by atoms with van der Waals surface area (Å²) in [7, 11) is 3.92. The number of carbonyl (C=O) groups is 1. The molecule has 24 heavy (non-hydrogen) atoms. The second kappa shape index (κ2) is 7.25. The van der Waals surface area contributed by atoms with E-state index in [2.05, 4.69) is 25.2 Å². The first kappa shape index (κ1) is 16.2. The summed E-state index contributed by atoms with van der Waals surface area (Å²) in [6, 6.07) is 5.54. The summed E-state index contributed by atoms with van der Waals surface area (Å²) in [6.45, 7) is 1.69. The Balaban J connectivity index is 1.66. The molecule has 1 saturated heterocycles. The van der Waals surface area contributed by atoms with Crippen LogP contribution in [0.5, 0.6) is 0 Å². The van der Waals surface area contributed by atoms with Gasteiger partial charge in [0, 0.05) is 57.3 Å². The molecule has 0 aromatic carbocycles. The van der Waals surface area contributed by atoms with E-state index in [4.69, 9.17) is 0 Å². The standard InChI is InChI=1S/C17H22N6O/c1-22(2)15-10-16(20-12-19-15)23-9-3-4-14(11-23)21-17(24)13-5-7-18-8-6-13/h5-8,10,12,14H,3-4,9,11H2,1-2H3,(H,21,24)/t14-/m0/s1. The summed E-state index contributed by atoms with van der Waals surface area (Å²) in [5, 5.41) is 3.11. The molecule has 1 N–H and O–H groups in total. The van der Waals surface area contributed by atoms with Crippen LogP contribution in [-0.4, -0.2) is 54.1 Å². The van der Waals surface area contributed by atoms with E-state index >= 15 is 0 Å². The molecule has 2 aromatic rings. The molecule has 1 aliphatic heterocycles. The molecule has 0 spiro atoms. The van der Waals surface area contributed by atoms with Crippen molar-refractivity contribution < 1.29 is 4.79 Å². The van der Waals surface area contributed by atoms with E-state index in [1.165, 1.54) is 0 Å². The number of piperidine rings is 1. The number of hydrogen-bond donors (Lipinski definition) is 1. The number of aromatic nitrogens is 3. The van der Waals surface area contributed by atoms with Crippen LogP contribution in [0.2, 0.25) is 0 Å². The molecule has 0 bridgehead atoms. The van der Waals surface area contributed by atoms with Crippen LogP contribution >= 0.6 is 0 Å². The average molecular weight is 326 g/mol. The Hall–Kier alpha value is -2.70. The number of rotatable bonds is 4. The highest BCUT2D eigenvalue weighted by molar-refractivity contribution is 5.94. The van der Waals surface area contributed by atoms with Gasteiger partial charge in [-0.25, -0.2) is 9.97 Å². The monoisotopic (exact) mass is 326 g/mol. The van der Waals surface area contributed by atoms with Crippen LogP contribution in [0.1, 0.15) is 23.2 Å². The molecule has 1 atom stereocenters. The normalized spacial score (nSPS) is 17.4. The first-order valence-corrected chi connectivity index (χ1v) is 8.08. The van der Waals surface area contributed by atoms with Gasteiger partial charge in [-0.2, -0.15) is 0 Å². The Labute approximate surface area is 141 Å². The Kier molecular flexibility index (Phi) is 4.88. The molecular weight excluding hydrogens is 304 g/mol. The predicted molar refractivity (Wildman–Crippen MR) is 93.3 cm³/mol. The summed E-state index contributed by atoms with van der Waals surface area (Å²) < 4.78 is 0. The van der Waals surface area contributed by atoms with E-state index in [1.807, 2.05) is 25.1 Å². The molecule has 3 rings (SSSR count). The van der Waals surface area contributed by atoms with Crippen LogP contribution in [0.3, 0.4) is 0 Å². The minimum Gasteiger partial charge on any atom is -0.363 e. The molecule has 126 valence electrons. The molecule has 1 amide bonds. The van der Waals surface area contributed by atoms with E-state index < -0.39 is 0 Å². The van der Waals surface area contributed by atoms with Crippen molar-refractivity contribution in [2.24, 2.45) is 0 Å². The van der Waals surface area contributed by atoms with Crippen molar-refractivity contribution in [3.8, 4) is 0 Å². The first-order valence-electron chi connectivity index (χ1n) is 8.08. The lowest BCUT2D eigenvalue weighted by atomic mass is 10.1. The number of nitrogens with one attached hydrogen (secondary N) is 1. The minimum absolute atomic E-state index is 0.0547. The molecular formula is C17H22N6O. The van der Waals surface area contributed by atoms with Gasteiger partial charge in [0.1, 0.15) is 18.0 Å². The van der Waals surface area contributed by atoms with E-state index in [0.29, 0.717) is 5.56 Å². The van der Waals surface area contributed by atoms with Crippen molar-refractivity contribution >= 4 is 17.5 Å². The van der Waals surface area contributed by atoms with E-state index in [9.17, 15) is 4.79 Å². The third kappa shape index (κ3) is 3.79. The Bertz CT molecular complexity index is 690. The molecule has 7 heteroatoms. The van der Waals surface area contributed by atoms with Crippen molar-refractivity contribution in [1.82, 2.24) is 20.3 Å². The van der Waals surface area contributed by atoms with Crippen LogP contribution in [-0.2, 0) is 0 Å². The fourth-order valence-electron chi connectivity index (χ4n) is 2.83. The Morgan fingerprint density at radius 1 is 1.29 bits per heavy atom. The number of amides is 1. The SMILES string of the molecule is CN(C)c1cc(N2CCC[C@H](NC(=O)c3ccncc3)C2)ncn1. The quantitative estimate of drug-likeness (QED) is 0.914.